The molecule has 14 heteroatoms. The number of hydrogen-bond donors (Lipinski definition) is 5. The lowest BCUT2D eigenvalue weighted by Crippen LogP contribution is -2.48. The highest BCUT2D eigenvalue weighted by atomic mass is 35.5. The van der Waals surface area contributed by atoms with Crippen LogP contribution < -0.4 is 0 Å². The van der Waals surface area contributed by atoms with E-state index >= 15 is 0 Å². The van der Waals surface area contributed by atoms with Gasteiger partial charge in [-0.1, -0.05) is 47.1 Å². The van der Waals surface area contributed by atoms with Crippen molar-refractivity contribution in [3.05, 3.63) is 81.9 Å². The molecule has 226 valence electrons. The van der Waals surface area contributed by atoms with Gasteiger partial charge in [0, 0.05) is 77.9 Å². The number of carboxylic acids is 4. The first kappa shape index (κ1) is 34.8. The third-order valence-electron chi connectivity index (χ3n) is 6.01. The van der Waals surface area contributed by atoms with Crippen molar-refractivity contribution in [3.63, 3.8) is 0 Å². The van der Waals surface area contributed by atoms with Crippen molar-refractivity contribution >= 4 is 58.8 Å². The summed E-state index contributed by atoms with van der Waals surface area (Å²) < 4.78 is 0. The third kappa shape index (κ3) is 11.8. The first-order valence-electron chi connectivity index (χ1n) is 12.5. The van der Waals surface area contributed by atoms with Gasteiger partial charge in [-0.15, -0.1) is 0 Å². The molecule has 2 heterocycles. The number of aliphatic carboxylic acids is 4. The quantitative estimate of drug-likeness (QED) is 0.277. The molecule has 2 aliphatic heterocycles. The zero-order valence-electron chi connectivity index (χ0n) is 22.2. The molecule has 2 aliphatic rings. The van der Waals surface area contributed by atoms with E-state index in [4.69, 9.17) is 43.6 Å². The highest BCUT2D eigenvalue weighted by Gasteiger charge is 2.30. The second kappa shape index (κ2) is 17.5. The van der Waals surface area contributed by atoms with Crippen LogP contribution in [0.25, 0.3) is 0 Å². The molecule has 0 bridgehead atoms. The maximum atomic E-state index is 9.55. The Balaban J connectivity index is 0.000000319. The van der Waals surface area contributed by atoms with Gasteiger partial charge in [0.1, 0.15) is 0 Å². The molecular formula is C28H30Cl2N2O9S. The second-order valence-corrected chi connectivity index (χ2v) is 10.7. The van der Waals surface area contributed by atoms with Gasteiger partial charge in [0.25, 0.3) is 0 Å². The Morgan fingerprint density at radius 1 is 0.833 bits per heavy atom. The van der Waals surface area contributed by atoms with Gasteiger partial charge in [-0.3, -0.25) is 9.80 Å². The van der Waals surface area contributed by atoms with E-state index in [2.05, 4.69) is 34.1 Å². The average molecular weight is 642 g/mol. The van der Waals surface area contributed by atoms with E-state index in [0.717, 1.165) is 54.1 Å². The van der Waals surface area contributed by atoms with Crippen LogP contribution in [0.15, 0.2) is 70.5 Å². The van der Waals surface area contributed by atoms with Crippen molar-refractivity contribution in [2.75, 3.05) is 39.3 Å². The Kier molecular flexibility index (Phi) is 14.5. The molecule has 0 saturated carbocycles. The minimum atomic E-state index is -1.26. The third-order valence-corrected chi connectivity index (χ3v) is 7.95. The molecule has 4 rings (SSSR count). The Bertz CT molecular complexity index is 1260. The van der Waals surface area contributed by atoms with Crippen LogP contribution in [-0.2, 0) is 25.6 Å². The number of carbonyl (C=O) groups is 4. The minimum Gasteiger partial charge on any atom is -0.478 e. The predicted octanol–water partition coefficient (Wildman–Crippen LogP) is 3.78. The van der Waals surface area contributed by atoms with E-state index in [1.54, 1.807) is 11.8 Å². The number of aliphatic hydroxyl groups excluding tert-OH is 1. The predicted molar refractivity (Wildman–Crippen MR) is 157 cm³/mol. The molecule has 2 aromatic rings. The van der Waals surface area contributed by atoms with Crippen molar-refractivity contribution in [2.45, 2.75) is 22.3 Å². The molecule has 0 aliphatic carbocycles. The number of rotatable bonds is 7. The standard InChI is InChI=1S/C20H22Cl2N2OS.2C4H4O4/c21-15-4-5-19-14(12-15)13-18(16-2-1-3-17(22)20(16)26-19)24-8-6-23(7-9-24)10-11-25;2*5-3(6)1-2-4(7)8/h1-5,12,18,25H,6-11,13H2;2*1-2H,(H,5,6)(H,7,8)/b;2*2-1-. The van der Waals surface area contributed by atoms with Crippen molar-refractivity contribution in [1.29, 1.82) is 0 Å². The van der Waals surface area contributed by atoms with Gasteiger partial charge < -0.3 is 25.5 Å². The highest BCUT2D eigenvalue weighted by Crippen LogP contribution is 2.46. The Labute approximate surface area is 256 Å². The number of carboxylic acid groups (broad SMARTS) is 4. The van der Waals surface area contributed by atoms with Crippen LogP contribution in [0.2, 0.25) is 10.0 Å². The fourth-order valence-corrected chi connectivity index (χ4v) is 5.79. The number of nitrogens with zero attached hydrogens (tertiary/aromatic N) is 2. The normalized spacial score (nSPS) is 16.7. The summed E-state index contributed by atoms with van der Waals surface area (Å²) in [6.45, 7) is 4.96. The van der Waals surface area contributed by atoms with Crippen molar-refractivity contribution in [3.8, 4) is 0 Å². The molecule has 1 atom stereocenters. The first-order valence-corrected chi connectivity index (χ1v) is 14.1. The lowest BCUT2D eigenvalue weighted by molar-refractivity contribution is -0.134. The SMILES string of the molecule is O=C(O)/C=C\C(=O)O.O=C(O)/C=C\C(=O)O.OCCN1CCN(C2Cc3cc(Cl)ccc3Sc3c(Cl)cccc32)CC1. The minimum absolute atomic E-state index is 0.227. The number of β-amino-alcohol motifs (C(OH)–C–C–N with tert-alkyl or cyclic N) is 1. The molecule has 1 fully saturated rings. The zero-order chi connectivity index (χ0) is 31.2. The average Bonchev–Trinajstić information content (AvgIpc) is 3.10. The lowest BCUT2D eigenvalue weighted by atomic mass is 9.96. The van der Waals surface area contributed by atoms with E-state index in [1.807, 2.05) is 12.1 Å². The largest absolute Gasteiger partial charge is 0.478 e. The van der Waals surface area contributed by atoms with E-state index in [-0.39, 0.29) is 6.61 Å². The zero-order valence-corrected chi connectivity index (χ0v) is 24.6. The van der Waals surface area contributed by atoms with Gasteiger partial charge in [-0.05, 0) is 41.8 Å². The topological polar surface area (TPSA) is 176 Å². The summed E-state index contributed by atoms with van der Waals surface area (Å²) in [5.74, 6) is -5.03. The van der Waals surface area contributed by atoms with Crippen molar-refractivity contribution in [1.82, 2.24) is 9.80 Å². The van der Waals surface area contributed by atoms with Crippen LogP contribution in [-0.4, -0.2) is 98.5 Å². The molecule has 5 N–H and O–H groups in total. The molecule has 1 saturated heterocycles. The van der Waals surface area contributed by atoms with Gasteiger partial charge in [0.15, 0.2) is 0 Å². The van der Waals surface area contributed by atoms with Crippen molar-refractivity contribution in [2.24, 2.45) is 0 Å². The Morgan fingerprint density at radius 3 is 1.88 bits per heavy atom. The van der Waals surface area contributed by atoms with Gasteiger partial charge in [0.05, 0.1) is 11.6 Å². The molecule has 42 heavy (non-hydrogen) atoms. The summed E-state index contributed by atoms with van der Waals surface area (Å²) in [7, 11) is 0. The summed E-state index contributed by atoms with van der Waals surface area (Å²) in [6.07, 6.45) is 3.17. The van der Waals surface area contributed by atoms with Crippen LogP contribution in [0.1, 0.15) is 17.2 Å². The van der Waals surface area contributed by atoms with E-state index < -0.39 is 23.9 Å². The molecular weight excluding hydrogens is 611 g/mol. The van der Waals surface area contributed by atoms with E-state index in [0.29, 0.717) is 30.3 Å². The number of benzene rings is 2. The summed E-state index contributed by atoms with van der Waals surface area (Å²) in [5, 5.41) is 42.0. The Hall–Kier alpha value is -3.39. The lowest BCUT2D eigenvalue weighted by Gasteiger charge is -2.39. The fraction of sp³-hybridized carbons (Fsp3) is 0.286. The molecule has 0 spiro atoms. The van der Waals surface area contributed by atoms with Gasteiger partial charge in [-0.25, -0.2) is 19.2 Å². The van der Waals surface area contributed by atoms with Gasteiger partial charge in [0.2, 0.25) is 0 Å². The maximum Gasteiger partial charge on any atom is 0.328 e. The summed E-state index contributed by atoms with van der Waals surface area (Å²) in [5.41, 5.74) is 2.60. The van der Waals surface area contributed by atoms with Crippen LogP contribution >= 0.6 is 35.0 Å². The highest BCUT2D eigenvalue weighted by molar-refractivity contribution is 7.99. The van der Waals surface area contributed by atoms with Gasteiger partial charge in [-0.2, -0.15) is 0 Å². The summed E-state index contributed by atoms with van der Waals surface area (Å²) >= 11 is 14.6. The number of hydrogen-bond acceptors (Lipinski definition) is 8. The molecule has 0 amide bonds. The number of aliphatic hydroxyl groups is 1. The van der Waals surface area contributed by atoms with Crippen LogP contribution in [0.5, 0.6) is 0 Å². The van der Waals surface area contributed by atoms with Crippen LogP contribution in [0, 0.1) is 0 Å². The second-order valence-electron chi connectivity index (χ2n) is 8.85. The summed E-state index contributed by atoms with van der Waals surface area (Å²) in [4.78, 5) is 45.5. The number of halogens is 2. The fourth-order valence-electron chi connectivity index (χ4n) is 4.18. The summed E-state index contributed by atoms with van der Waals surface area (Å²) in [6, 6.07) is 12.7. The molecule has 11 nitrogen and oxygen atoms in total. The maximum absolute atomic E-state index is 9.55. The molecule has 0 radical (unpaired) electrons. The van der Waals surface area contributed by atoms with Crippen LogP contribution in [0.4, 0.5) is 0 Å². The van der Waals surface area contributed by atoms with Gasteiger partial charge >= 0.3 is 23.9 Å². The van der Waals surface area contributed by atoms with E-state index in [9.17, 15) is 24.3 Å². The van der Waals surface area contributed by atoms with Crippen LogP contribution in [0.3, 0.4) is 0 Å². The molecule has 1 unspecified atom stereocenters. The Morgan fingerprint density at radius 2 is 1.38 bits per heavy atom. The molecule has 2 aromatic carbocycles. The first-order chi connectivity index (χ1) is 19.9. The monoisotopic (exact) mass is 640 g/mol. The number of fused-ring (bicyclic) bond motifs is 2. The number of piperazine rings is 1. The van der Waals surface area contributed by atoms with Crippen molar-refractivity contribution < 1.29 is 44.7 Å². The molecule has 0 aromatic heterocycles. The van der Waals surface area contributed by atoms with E-state index in [1.165, 1.54) is 16.0 Å². The smallest absolute Gasteiger partial charge is 0.328 e.